The molecule has 0 unspecified atom stereocenters. The summed E-state index contributed by atoms with van der Waals surface area (Å²) in [6.45, 7) is 0. The van der Waals surface area contributed by atoms with Gasteiger partial charge in [-0.3, -0.25) is 18.2 Å². The van der Waals surface area contributed by atoms with Crippen molar-refractivity contribution >= 4 is 89.5 Å². The Hall–Kier alpha value is 1.26. The van der Waals surface area contributed by atoms with Gasteiger partial charge in [-0.1, -0.05) is 0 Å². The van der Waals surface area contributed by atoms with Crippen LogP contribution >= 0.6 is 0 Å². The van der Waals surface area contributed by atoms with Crippen LogP contribution < -0.4 is 8.32 Å². The van der Waals surface area contributed by atoms with Gasteiger partial charge in [-0.2, -0.15) is 16.8 Å². The van der Waals surface area contributed by atoms with Crippen LogP contribution in [0.25, 0.3) is 0 Å². The average molecular weight is 354 g/mol. The number of hydrogen-bond acceptors (Lipinski definition) is 8. The SMILES string of the molecule is O=S(=O)(O)O.O=S(=O)(O)O.[Ca+2].[O]=[Al][O-].[O]=[Al][O-]. The maximum atomic E-state index is 8.74. The fraction of sp³-hybridized carbons (Fsp3) is 0. The van der Waals surface area contributed by atoms with Crippen LogP contribution in [0.5, 0.6) is 0 Å². The van der Waals surface area contributed by atoms with Crippen molar-refractivity contribution in [3.05, 3.63) is 0 Å². The van der Waals surface area contributed by atoms with E-state index in [1.165, 1.54) is 0 Å². The fourth-order valence-electron chi connectivity index (χ4n) is 0. The standard InChI is InChI=1S/2Al.Ca.2H2O4S.4O/c;;;2*1-5(2,3)4;;;;/h;;;2*(H2,1,2,3,4);;;;/q;;+2;;;;;2*-1. The summed E-state index contributed by atoms with van der Waals surface area (Å²) in [5.41, 5.74) is 0. The monoisotopic (exact) mass is 354 g/mol. The Morgan fingerprint density at radius 3 is 0.706 bits per heavy atom. The van der Waals surface area contributed by atoms with Crippen LogP contribution in [-0.4, -0.2) is 104 Å². The molecule has 0 radical (unpaired) electrons. The quantitative estimate of drug-likeness (QED) is 0.236. The third kappa shape index (κ3) is 2520. The van der Waals surface area contributed by atoms with Crippen LogP contribution in [0.4, 0.5) is 0 Å². The van der Waals surface area contributed by atoms with Crippen molar-refractivity contribution in [2.75, 3.05) is 0 Å². The molecule has 0 atom stereocenters. The molecule has 0 bridgehead atoms. The Kier molecular flexibility index (Phi) is 35.7. The molecule has 17 heavy (non-hydrogen) atoms. The molecule has 0 heterocycles. The van der Waals surface area contributed by atoms with Gasteiger partial charge in [0.15, 0.2) is 0 Å². The van der Waals surface area contributed by atoms with Crippen molar-refractivity contribution in [1.29, 1.82) is 0 Å². The molecule has 0 aliphatic heterocycles. The first-order valence-corrected chi connectivity index (χ1v) is 7.02. The predicted octanol–water partition coefficient (Wildman–Crippen LogP) is -5.06. The molecule has 12 nitrogen and oxygen atoms in total. The number of hydrogen-bond donors (Lipinski definition) is 4. The van der Waals surface area contributed by atoms with Crippen molar-refractivity contribution in [2.45, 2.75) is 0 Å². The normalized spacial score (nSPS) is 7.76. The van der Waals surface area contributed by atoms with Gasteiger partial charge in [0, 0.05) is 0 Å². The van der Waals surface area contributed by atoms with Gasteiger partial charge in [0.25, 0.3) is 0 Å². The first-order valence-electron chi connectivity index (χ1n) is 2.34. The third-order valence-electron chi connectivity index (χ3n) is 0. The van der Waals surface area contributed by atoms with E-state index in [1.54, 1.807) is 0 Å². The molecule has 0 rings (SSSR count). The van der Waals surface area contributed by atoms with Gasteiger partial charge < -0.3 is 0 Å². The van der Waals surface area contributed by atoms with Crippen molar-refractivity contribution in [1.82, 2.24) is 0 Å². The molecule has 0 aromatic carbocycles. The van der Waals surface area contributed by atoms with Gasteiger partial charge in [0.05, 0.1) is 0 Å². The van der Waals surface area contributed by atoms with Gasteiger partial charge in [0.2, 0.25) is 0 Å². The van der Waals surface area contributed by atoms with Crippen LogP contribution in [0.15, 0.2) is 0 Å². The second-order valence-electron chi connectivity index (χ2n) is 1.09. The molecule has 0 aromatic rings. The van der Waals surface area contributed by atoms with E-state index in [9.17, 15) is 0 Å². The molecule has 0 saturated carbocycles. The van der Waals surface area contributed by atoms with Gasteiger partial charge in [-0.05, 0) is 0 Å². The summed E-state index contributed by atoms with van der Waals surface area (Å²) in [6, 6.07) is 0. The zero-order chi connectivity index (χ0) is 14.4. The zero-order valence-corrected chi connectivity index (χ0v) is 13.9. The molecular weight excluding hydrogens is 350 g/mol. The number of rotatable bonds is 0. The van der Waals surface area contributed by atoms with Crippen molar-refractivity contribution < 1.29 is 51.0 Å². The third-order valence-corrected chi connectivity index (χ3v) is 0. The summed E-state index contributed by atoms with van der Waals surface area (Å²) in [5, 5.41) is 0. The molecule has 0 aliphatic rings. The summed E-state index contributed by atoms with van der Waals surface area (Å²) in [6.07, 6.45) is 0. The topological polar surface area (TPSA) is 229 Å². The zero-order valence-electron chi connectivity index (χ0n) is 7.73. The molecule has 4 N–H and O–H groups in total. The molecule has 96 valence electrons. The molecule has 0 saturated heterocycles. The van der Waals surface area contributed by atoms with Crippen LogP contribution in [0.3, 0.4) is 0 Å². The summed E-state index contributed by atoms with van der Waals surface area (Å²) >= 11 is -3.50. The minimum absolute atomic E-state index is 0. The predicted molar refractivity (Wildman–Crippen MR) is 47.0 cm³/mol. The summed E-state index contributed by atoms with van der Waals surface area (Å²) in [7, 11) is -9.33. The minimum atomic E-state index is -4.67. The summed E-state index contributed by atoms with van der Waals surface area (Å²) in [4.78, 5) is 0. The van der Waals surface area contributed by atoms with E-state index in [2.05, 4.69) is 0 Å². The van der Waals surface area contributed by atoms with E-state index < -0.39 is 51.8 Å². The van der Waals surface area contributed by atoms with Crippen LogP contribution in [0, 0.1) is 0 Å². The molecule has 17 heteroatoms. The first-order chi connectivity index (χ1) is 6.83. The van der Waals surface area contributed by atoms with Crippen LogP contribution in [-0.2, 0) is 28.4 Å². The average Bonchev–Trinajstić information content (AvgIpc) is 1.79. The van der Waals surface area contributed by atoms with Gasteiger partial charge in [-0.15, -0.1) is 0 Å². The van der Waals surface area contributed by atoms with E-state index >= 15 is 0 Å². The van der Waals surface area contributed by atoms with E-state index in [0.29, 0.717) is 0 Å². The Morgan fingerprint density at radius 2 is 0.706 bits per heavy atom. The first kappa shape index (κ1) is 30.9. The van der Waals surface area contributed by atoms with Crippen molar-refractivity contribution in [2.24, 2.45) is 0 Å². The van der Waals surface area contributed by atoms with Gasteiger partial charge in [-0.25, -0.2) is 0 Å². The van der Waals surface area contributed by atoms with Crippen LogP contribution in [0.1, 0.15) is 0 Å². The Balaban J connectivity index is -0.0000000381. The Labute approximate surface area is 139 Å². The summed E-state index contributed by atoms with van der Waals surface area (Å²) < 4.78 is 97.0. The van der Waals surface area contributed by atoms with E-state index in [4.69, 9.17) is 51.0 Å². The summed E-state index contributed by atoms with van der Waals surface area (Å²) in [5.74, 6) is 0. The molecule has 0 amide bonds. The Morgan fingerprint density at radius 1 is 0.706 bits per heavy atom. The molecular formula is H4Al2CaO12S2. The van der Waals surface area contributed by atoms with Gasteiger partial charge >= 0.3 is 105 Å². The molecule has 0 aromatic heterocycles. The van der Waals surface area contributed by atoms with E-state index in [0.717, 1.165) is 0 Å². The fourth-order valence-corrected chi connectivity index (χ4v) is 0. The second-order valence-corrected chi connectivity index (χ2v) is 3.26. The molecule has 0 aliphatic carbocycles. The van der Waals surface area contributed by atoms with Crippen LogP contribution in [0.2, 0.25) is 0 Å². The second kappa shape index (κ2) is 19.6. The van der Waals surface area contributed by atoms with E-state index in [1.807, 2.05) is 0 Å². The van der Waals surface area contributed by atoms with E-state index in [-0.39, 0.29) is 37.7 Å². The maximum absolute atomic E-state index is 8.74. The molecule has 0 spiro atoms. The Bertz CT molecular complexity index is 287. The van der Waals surface area contributed by atoms with Gasteiger partial charge in [0.1, 0.15) is 0 Å². The molecule has 0 fully saturated rings. The van der Waals surface area contributed by atoms with Crippen molar-refractivity contribution in [3.8, 4) is 0 Å². The van der Waals surface area contributed by atoms with Crippen molar-refractivity contribution in [3.63, 3.8) is 0 Å².